The molecule has 0 rings (SSSR count). The SMILES string of the molecule is CC(CCC(C(=O)O)C(C)CC(C)(C)C)CC(C)(C)C.Cl. The van der Waals surface area contributed by atoms with Gasteiger partial charge in [-0.05, 0) is 48.3 Å². The van der Waals surface area contributed by atoms with Crippen molar-refractivity contribution in [1.29, 1.82) is 0 Å². The molecule has 0 amide bonds. The maximum absolute atomic E-state index is 11.5. The van der Waals surface area contributed by atoms with E-state index in [2.05, 4.69) is 55.4 Å². The summed E-state index contributed by atoms with van der Waals surface area (Å²) in [5.41, 5.74) is 0.527. The van der Waals surface area contributed by atoms with Crippen molar-refractivity contribution in [1.82, 2.24) is 0 Å². The van der Waals surface area contributed by atoms with E-state index in [9.17, 15) is 9.90 Å². The van der Waals surface area contributed by atoms with Crippen LogP contribution < -0.4 is 0 Å². The molecule has 21 heavy (non-hydrogen) atoms. The van der Waals surface area contributed by atoms with Crippen LogP contribution >= 0.6 is 12.4 Å². The maximum Gasteiger partial charge on any atom is 0.306 e. The van der Waals surface area contributed by atoms with Crippen LogP contribution in [0.1, 0.15) is 81.1 Å². The van der Waals surface area contributed by atoms with E-state index in [0.717, 1.165) is 25.7 Å². The minimum absolute atomic E-state index is 0. The van der Waals surface area contributed by atoms with Gasteiger partial charge in [0.15, 0.2) is 0 Å². The molecule has 0 aromatic rings. The van der Waals surface area contributed by atoms with Gasteiger partial charge in [0, 0.05) is 0 Å². The van der Waals surface area contributed by atoms with Crippen LogP contribution in [0.3, 0.4) is 0 Å². The fourth-order valence-corrected chi connectivity index (χ4v) is 3.37. The number of rotatable bonds is 7. The lowest BCUT2D eigenvalue weighted by atomic mass is 9.76. The highest BCUT2D eigenvalue weighted by Crippen LogP contribution is 2.33. The zero-order valence-electron chi connectivity index (χ0n) is 15.3. The second kappa shape index (κ2) is 9.02. The quantitative estimate of drug-likeness (QED) is 0.621. The van der Waals surface area contributed by atoms with Gasteiger partial charge in [-0.3, -0.25) is 4.79 Å². The number of halogens is 1. The third kappa shape index (κ3) is 12.0. The number of carbonyl (C=O) groups is 1. The highest BCUT2D eigenvalue weighted by atomic mass is 35.5. The van der Waals surface area contributed by atoms with Gasteiger partial charge in [0.2, 0.25) is 0 Å². The number of carboxylic acids is 1. The van der Waals surface area contributed by atoms with Crippen molar-refractivity contribution in [2.24, 2.45) is 28.6 Å². The first-order chi connectivity index (χ1) is 8.82. The van der Waals surface area contributed by atoms with Gasteiger partial charge < -0.3 is 5.11 Å². The molecule has 2 nitrogen and oxygen atoms in total. The fourth-order valence-electron chi connectivity index (χ4n) is 3.37. The Labute approximate surface area is 138 Å². The lowest BCUT2D eigenvalue weighted by Gasteiger charge is -2.29. The molecule has 0 aliphatic heterocycles. The molecule has 0 spiro atoms. The molecule has 3 heteroatoms. The van der Waals surface area contributed by atoms with Crippen LogP contribution in [0.4, 0.5) is 0 Å². The molecule has 0 radical (unpaired) electrons. The summed E-state index contributed by atoms with van der Waals surface area (Å²) in [6.07, 6.45) is 3.96. The average molecular weight is 321 g/mol. The summed E-state index contributed by atoms with van der Waals surface area (Å²) in [7, 11) is 0. The van der Waals surface area contributed by atoms with Gasteiger partial charge in [-0.1, -0.05) is 55.4 Å². The van der Waals surface area contributed by atoms with Gasteiger partial charge in [-0.15, -0.1) is 12.4 Å². The molecule has 128 valence electrons. The van der Waals surface area contributed by atoms with Crippen LogP contribution in [0.2, 0.25) is 0 Å². The second-order valence-corrected chi connectivity index (χ2v) is 9.13. The van der Waals surface area contributed by atoms with E-state index in [1.54, 1.807) is 0 Å². The van der Waals surface area contributed by atoms with Crippen molar-refractivity contribution < 1.29 is 9.90 Å². The normalized spacial score (nSPS) is 16.8. The average Bonchev–Trinajstić information content (AvgIpc) is 2.10. The lowest BCUT2D eigenvalue weighted by molar-refractivity contribution is -0.144. The Hall–Kier alpha value is -0.240. The molecule has 0 saturated carbocycles. The summed E-state index contributed by atoms with van der Waals surface area (Å²) in [6, 6.07) is 0. The molecule has 0 aliphatic rings. The minimum Gasteiger partial charge on any atom is -0.481 e. The molecule has 3 atom stereocenters. The Kier molecular flexibility index (Phi) is 9.90. The summed E-state index contributed by atoms with van der Waals surface area (Å²) in [5.74, 6) is 0.0226. The van der Waals surface area contributed by atoms with Crippen molar-refractivity contribution >= 4 is 18.4 Å². The second-order valence-electron chi connectivity index (χ2n) is 9.13. The van der Waals surface area contributed by atoms with Crippen molar-refractivity contribution in [2.75, 3.05) is 0 Å². The molecule has 0 heterocycles. The highest BCUT2D eigenvalue weighted by Gasteiger charge is 2.28. The number of hydrogen-bond acceptors (Lipinski definition) is 1. The largest absolute Gasteiger partial charge is 0.481 e. The zero-order chi connectivity index (χ0) is 16.1. The van der Waals surface area contributed by atoms with E-state index in [-0.39, 0.29) is 29.7 Å². The number of aliphatic carboxylic acids is 1. The first-order valence-corrected chi connectivity index (χ1v) is 8.04. The van der Waals surface area contributed by atoms with Crippen molar-refractivity contribution in [3.05, 3.63) is 0 Å². The number of carboxylic acid groups (broad SMARTS) is 1. The van der Waals surface area contributed by atoms with Crippen LogP contribution in [-0.2, 0) is 4.79 Å². The third-order valence-electron chi connectivity index (χ3n) is 3.87. The molecule has 0 fully saturated rings. The van der Waals surface area contributed by atoms with E-state index >= 15 is 0 Å². The van der Waals surface area contributed by atoms with Gasteiger partial charge in [0.25, 0.3) is 0 Å². The Balaban J connectivity index is 0. The predicted octanol–water partition coefficient (Wildman–Crippen LogP) is 6.03. The Morgan fingerprint density at radius 3 is 1.67 bits per heavy atom. The molecule has 0 aliphatic carbocycles. The Morgan fingerprint density at radius 1 is 0.905 bits per heavy atom. The Bertz CT molecular complexity index is 299. The highest BCUT2D eigenvalue weighted by molar-refractivity contribution is 5.85. The van der Waals surface area contributed by atoms with Crippen LogP contribution in [-0.4, -0.2) is 11.1 Å². The van der Waals surface area contributed by atoms with Gasteiger partial charge in [-0.25, -0.2) is 0 Å². The predicted molar refractivity (Wildman–Crippen MR) is 94.1 cm³/mol. The van der Waals surface area contributed by atoms with E-state index in [0.29, 0.717) is 11.3 Å². The number of hydrogen-bond donors (Lipinski definition) is 1. The van der Waals surface area contributed by atoms with E-state index in [4.69, 9.17) is 0 Å². The summed E-state index contributed by atoms with van der Waals surface area (Å²) in [4.78, 5) is 11.5. The van der Waals surface area contributed by atoms with Crippen LogP contribution in [0.25, 0.3) is 0 Å². The summed E-state index contributed by atoms with van der Waals surface area (Å²) in [6.45, 7) is 17.7. The smallest absolute Gasteiger partial charge is 0.306 e. The minimum atomic E-state index is -0.621. The third-order valence-corrected chi connectivity index (χ3v) is 3.87. The molecule has 1 N–H and O–H groups in total. The zero-order valence-corrected chi connectivity index (χ0v) is 16.1. The topological polar surface area (TPSA) is 37.3 Å². The molecule has 0 aromatic carbocycles. The van der Waals surface area contributed by atoms with Gasteiger partial charge in [0.1, 0.15) is 0 Å². The van der Waals surface area contributed by atoms with E-state index in [1.165, 1.54) is 0 Å². The van der Waals surface area contributed by atoms with Crippen LogP contribution in [0.15, 0.2) is 0 Å². The first kappa shape index (κ1) is 23.0. The van der Waals surface area contributed by atoms with Gasteiger partial charge in [-0.2, -0.15) is 0 Å². The molecule has 3 unspecified atom stereocenters. The fraction of sp³-hybridized carbons (Fsp3) is 0.944. The molecular formula is C18H37ClO2. The molecule has 0 bridgehead atoms. The molecular weight excluding hydrogens is 284 g/mol. The molecule has 0 saturated heterocycles. The van der Waals surface area contributed by atoms with Gasteiger partial charge in [0.05, 0.1) is 5.92 Å². The molecule has 0 aromatic heterocycles. The summed E-state index contributed by atoms with van der Waals surface area (Å²) >= 11 is 0. The van der Waals surface area contributed by atoms with E-state index < -0.39 is 5.97 Å². The maximum atomic E-state index is 11.5. The van der Waals surface area contributed by atoms with Crippen molar-refractivity contribution in [3.8, 4) is 0 Å². The van der Waals surface area contributed by atoms with Crippen LogP contribution in [0.5, 0.6) is 0 Å². The van der Waals surface area contributed by atoms with Gasteiger partial charge >= 0.3 is 5.97 Å². The first-order valence-electron chi connectivity index (χ1n) is 8.04. The summed E-state index contributed by atoms with van der Waals surface area (Å²) < 4.78 is 0. The van der Waals surface area contributed by atoms with Crippen LogP contribution in [0, 0.1) is 28.6 Å². The van der Waals surface area contributed by atoms with Crippen molar-refractivity contribution in [2.45, 2.75) is 81.1 Å². The monoisotopic (exact) mass is 320 g/mol. The standard InChI is InChI=1S/C18H36O2.ClH/c1-13(11-17(3,4)5)9-10-15(16(19)20)14(2)12-18(6,7)8;/h13-15H,9-12H2,1-8H3,(H,19,20);1H. The Morgan fingerprint density at radius 2 is 1.33 bits per heavy atom. The lowest BCUT2D eigenvalue weighted by Crippen LogP contribution is -2.26. The van der Waals surface area contributed by atoms with Crippen molar-refractivity contribution in [3.63, 3.8) is 0 Å². The summed E-state index contributed by atoms with van der Waals surface area (Å²) in [5, 5.41) is 9.49. The van der Waals surface area contributed by atoms with E-state index in [1.807, 2.05) is 0 Å².